The molecular weight excluding hydrogens is 390 g/mol. The molecule has 0 bridgehead atoms. The number of benzene rings is 1. The van der Waals surface area contributed by atoms with Gasteiger partial charge < -0.3 is 19.4 Å². The highest BCUT2D eigenvalue weighted by Crippen LogP contribution is 2.38. The summed E-state index contributed by atoms with van der Waals surface area (Å²) in [4.78, 5) is 30.5. The molecule has 0 aliphatic carbocycles. The smallest absolute Gasteiger partial charge is 0.229 e. The third kappa shape index (κ3) is 5.22. The number of likely N-dealkylation sites (tertiary alicyclic amines) is 2. The molecule has 170 valence electrons. The molecule has 0 saturated carbocycles. The van der Waals surface area contributed by atoms with Gasteiger partial charge in [-0.2, -0.15) is 0 Å². The van der Waals surface area contributed by atoms with E-state index in [1.165, 1.54) is 24.8 Å². The largest absolute Gasteiger partial charge is 0.492 e. The van der Waals surface area contributed by atoms with Crippen molar-refractivity contribution in [1.82, 2.24) is 14.7 Å². The molecule has 6 heteroatoms. The second kappa shape index (κ2) is 9.60. The van der Waals surface area contributed by atoms with Gasteiger partial charge in [-0.3, -0.25) is 9.59 Å². The molecule has 0 atom stereocenters. The minimum absolute atomic E-state index is 0.00847. The summed E-state index contributed by atoms with van der Waals surface area (Å²) in [7, 11) is 2.20. The van der Waals surface area contributed by atoms with Crippen molar-refractivity contribution in [1.29, 1.82) is 0 Å². The average molecular weight is 428 g/mol. The van der Waals surface area contributed by atoms with E-state index >= 15 is 0 Å². The first kappa shape index (κ1) is 22.1. The molecule has 4 rings (SSSR count). The number of carbonyl (C=O) groups excluding carboxylic acids is 2. The number of carbonyl (C=O) groups is 2. The van der Waals surface area contributed by atoms with Crippen LogP contribution in [0.1, 0.15) is 44.6 Å². The van der Waals surface area contributed by atoms with E-state index in [9.17, 15) is 9.59 Å². The fourth-order valence-electron chi connectivity index (χ4n) is 5.47. The molecule has 2 fully saturated rings. The monoisotopic (exact) mass is 427 g/mol. The quantitative estimate of drug-likeness (QED) is 0.692. The molecule has 0 unspecified atom stereocenters. The van der Waals surface area contributed by atoms with E-state index in [1.807, 2.05) is 0 Å². The van der Waals surface area contributed by atoms with E-state index < -0.39 is 0 Å². The normalized spacial score (nSPS) is 23.2. The first-order chi connectivity index (χ1) is 15.0. The molecule has 0 radical (unpaired) electrons. The van der Waals surface area contributed by atoms with Gasteiger partial charge in [0.1, 0.15) is 12.4 Å². The number of fused-ring (bicyclic) bond motifs is 1. The predicted octanol–water partition coefficient (Wildman–Crippen LogP) is 2.81. The second-order valence-electron chi connectivity index (χ2n) is 9.85. The Kier molecular flexibility index (Phi) is 6.85. The second-order valence-corrected chi connectivity index (χ2v) is 9.85. The predicted molar refractivity (Wildman–Crippen MR) is 121 cm³/mol. The Morgan fingerprint density at radius 1 is 1.00 bits per heavy atom. The fourth-order valence-corrected chi connectivity index (χ4v) is 5.47. The van der Waals surface area contributed by atoms with Crippen LogP contribution < -0.4 is 4.74 Å². The maximum Gasteiger partial charge on any atom is 0.229 e. The molecule has 6 nitrogen and oxygen atoms in total. The van der Waals surface area contributed by atoms with Crippen molar-refractivity contribution in [3.63, 3.8) is 0 Å². The van der Waals surface area contributed by atoms with Crippen LogP contribution in [0.15, 0.2) is 24.3 Å². The van der Waals surface area contributed by atoms with E-state index in [-0.39, 0.29) is 23.1 Å². The minimum atomic E-state index is 0.00847. The Morgan fingerprint density at radius 3 is 2.48 bits per heavy atom. The summed E-state index contributed by atoms with van der Waals surface area (Å²) in [6, 6.07) is 8.44. The number of rotatable bonds is 1. The van der Waals surface area contributed by atoms with Crippen molar-refractivity contribution in [3.05, 3.63) is 29.8 Å². The Bertz CT molecular complexity index is 782. The van der Waals surface area contributed by atoms with Crippen LogP contribution in [0.3, 0.4) is 0 Å². The lowest BCUT2D eigenvalue weighted by atomic mass is 9.73. The number of nitrogens with zero attached hydrogens (tertiary/aromatic N) is 3. The summed E-state index contributed by atoms with van der Waals surface area (Å²) in [5.41, 5.74) is 1.61. The zero-order valence-electron chi connectivity index (χ0n) is 19.1. The number of hydrogen-bond acceptors (Lipinski definition) is 4. The van der Waals surface area contributed by atoms with Crippen molar-refractivity contribution < 1.29 is 14.3 Å². The standard InChI is InChI=1S/C25H37N3O3/c1-20(29)28-17-22(18-28)24(30)27-13-11-25(12-14-27)10-6-5-8-21-7-3-4-9-23(21)31-16-15-26(2)19-25/h3-4,7,9,22H,5-6,8,10-19H2,1-2H3. The average Bonchev–Trinajstić information content (AvgIpc) is 2.70. The van der Waals surface area contributed by atoms with Gasteiger partial charge in [0.25, 0.3) is 0 Å². The Hall–Kier alpha value is -2.08. The van der Waals surface area contributed by atoms with Crippen LogP contribution >= 0.6 is 0 Å². The SMILES string of the molecule is CC(=O)N1CC(C(=O)N2CCC3(CCCCc4ccccc4OCCN(C)C3)CC2)C1. The van der Waals surface area contributed by atoms with Gasteiger partial charge in [0.2, 0.25) is 11.8 Å². The Balaban J connectivity index is 1.34. The van der Waals surface area contributed by atoms with Gasteiger partial charge in [-0.05, 0) is 56.2 Å². The van der Waals surface area contributed by atoms with Gasteiger partial charge in [0.15, 0.2) is 0 Å². The van der Waals surface area contributed by atoms with Gasteiger partial charge in [-0.15, -0.1) is 0 Å². The van der Waals surface area contributed by atoms with Crippen molar-refractivity contribution >= 4 is 11.8 Å². The Labute approximate surface area is 186 Å². The lowest BCUT2D eigenvalue weighted by molar-refractivity contribution is -0.149. The third-order valence-electron chi connectivity index (χ3n) is 7.52. The number of ether oxygens (including phenoxy) is 1. The van der Waals surface area contributed by atoms with Crippen LogP contribution in [0.25, 0.3) is 0 Å². The zero-order chi connectivity index (χ0) is 21.8. The van der Waals surface area contributed by atoms with Crippen LogP contribution in [0.2, 0.25) is 0 Å². The molecule has 2 saturated heterocycles. The molecule has 3 aliphatic heterocycles. The van der Waals surface area contributed by atoms with Crippen LogP contribution in [0.5, 0.6) is 5.75 Å². The first-order valence-corrected chi connectivity index (χ1v) is 11.9. The number of hydrogen-bond donors (Lipinski definition) is 0. The Morgan fingerprint density at radius 2 is 1.74 bits per heavy atom. The lowest BCUT2D eigenvalue weighted by Crippen LogP contribution is -2.57. The highest BCUT2D eigenvalue weighted by Gasteiger charge is 2.41. The van der Waals surface area contributed by atoms with Gasteiger partial charge in [0, 0.05) is 46.2 Å². The molecule has 2 amide bonds. The van der Waals surface area contributed by atoms with Crippen LogP contribution in [-0.2, 0) is 16.0 Å². The lowest BCUT2D eigenvalue weighted by Gasteiger charge is -2.46. The summed E-state index contributed by atoms with van der Waals surface area (Å²) >= 11 is 0. The summed E-state index contributed by atoms with van der Waals surface area (Å²) < 4.78 is 6.10. The minimum Gasteiger partial charge on any atom is -0.492 e. The maximum absolute atomic E-state index is 12.9. The zero-order valence-corrected chi connectivity index (χ0v) is 19.1. The summed E-state index contributed by atoms with van der Waals surface area (Å²) in [6.45, 7) is 7.17. The first-order valence-electron chi connectivity index (χ1n) is 11.9. The molecule has 1 spiro atoms. The highest BCUT2D eigenvalue weighted by atomic mass is 16.5. The molecule has 0 N–H and O–H groups in total. The molecule has 31 heavy (non-hydrogen) atoms. The molecule has 1 aromatic carbocycles. The van der Waals surface area contributed by atoms with E-state index in [4.69, 9.17) is 4.74 Å². The van der Waals surface area contributed by atoms with E-state index in [1.54, 1.807) is 11.8 Å². The van der Waals surface area contributed by atoms with Crippen LogP contribution in [-0.4, -0.2) is 79.4 Å². The van der Waals surface area contributed by atoms with Crippen LogP contribution in [0.4, 0.5) is 0 Å². The van der Waals surface area contributed by atoms with Crippen molar-refractivity contribution in [3.8, 4) is 5.75 Å². The van der Waals surface area contributed by atoms with E-state index in [2.05, 4.69) is 41.1 Å². The third-order valence-corrected chi connectivity index (χ3v) is 7.52. The number of piperidine rings is 1. The fraction of sp³-hybridized carbons (Fsp3) is 0.680. The van der Waals surface area contributed by atoms with E-state index in [0.29, 0.717) is 19.7 Å². The number of aryl methyl sites for hydroxylation is 1. The topological polar surface area (TPSA) is 53.1 Å². The number of para-hydroxylation sites is 1. The number of likely N-dealkylation sites (N-methyl/N-ethyl adjacent to an activating group) is 1. The molecule has 1 aromatic rings. The van der Waals surface area contributed by atoms with Crippen molar-refractivity contribution in [2.75, 3.05) is 52.9 Å². The van der Waals surface area contributed by atoms with Crippen molar-refractivity contribution in [2.24, 2.45) is 11.3 Å². The van der Waals surface area contributed by atoms with Gasteiger partial charge >= 0.3 is 0 Å². The summed E-state index contributed by atoms with van der Waals surface area (Å²) in [5, 5.41) is 0. The summed E-state index contributed by atoms with van der Waals surface area (Å²) in [6.07, 6.45) is 6.84. The molecule has 3 aliphatic rings. The number of amides is 2. The van der Waals surface area contributed by atoms with E-state index in [0.717, 1.165) is 51.2 Å². The van der Waals surface area contributed by atoms with Gasteiger partial charge in [-0.1, -0.05) is 24.6 Å². The molecule has 0 aromatic heterocycles. The van der Waals surface area contributed by atoms with Crippen LogP contribution in [0, 0.1) is 11.3 Å². The van der Waals surface area contributed by atoms with Crippen molar-refractivity contribution in [2.45, 2.75) is 45.4 Å². The molecule has 3 heterocycles. The molecular formula is C25H37N3O3. The van der Waals surface area contributed by atoms with Gasteiger partial charge in [-0.25, -0.2) is 0 Å². The maximum atomic E-state index is 12.9. The summed E-state index contributed by atoms with van der Waals surface area (Å²) in [5.74, 6) is 1.37. The highest BCUT2D eigenvalue weighted by molar-refractivity contribution is 5.83. The van der Waals surface area contributed by atoms with Gasteiger partial charge in [0.05, 0.1) is 5.92 Å².